The van der Waals surface area contributed by atoms with Crippen molar-refractivity contribution in [2.45, 2.75) is 13.8 Å². The van der Waals surface area contributed by atoms with E-state index in [2.05, 4.69) is 20.7 Å². The summed E-state index contributed by atoms with van der Waals surface area (Å²) in [6, 6.07) is 4.13. The summed E-state index contributed by atoms with van der Waals surface area (Å²) in [7, 11) is 0. The van der Waals surface area contributed by atoms with Gasteiger partial charge in [-0.05, 0) is 34.1 Å². The predicted octanol–water partition coefficient (Wildman–Crippen LogP) is 3.62. The molecule has 0 aromatic heterocycles. The number of carbonyl (C=O) groups is 1. The molecule has 0 radical (unpaired) electrons. The summed E-state index contributed by atoms with van der Waals surface area (Å²) < 4.78 is 15.6. The van der Waals surface area contributed by atoms with E-state index < -0.39 is 0 Å². The van der Waals surface area contributed by atoms with Gasteiger partial charge >= 0.3 is 0 Å². The van der Waals surface area contributed by atoms with E-state index in [-0.39, 0.29) is 11.7 Å². The topological polar surface area (TPSA) is 29.1 Å². The quantitative estimate of drug-likeness (QED) is 0.844. The second-order valence-electron chi connectivity index (χ2n) is 2.26. The molecule has 0 saturated carbocycles. The van der Waals surface area contributed by atoms with Gasteiger partial charge in [0.15, 0.2) is 0 Å². The minimum absolute atomic E-state index is 0.229. The minimum atomic E-state index is -0.374. The van der Waals surface area contributed by atoms with Crippen LogP contribution < -0.4 is 4.72 Å². The third-order valence-corrected chi connectivity index (χ3v) is 2.37. The van der Waals surface area contributed by atoms with Crippen molar-refractivity contribution in [2.75, 3.05) is 6.26 Å². The number of halogens is 2. The summed E-state index contributed by atoms with van der Waals surface area (Å²) in [5.74, 6) is -0.603. The Balaban J connectivity index is 0.000000921. The van der Waals surface area contributed by atoms with Gasteiger partial charge in [-0.25, -0.2) is 4.39 Å². The van der Waals surface area contributed by atoms with Crippen LogP contribution in [0, 0.1) is 5.82 Å². The lowest BCUT2D eigenvalue weighted by Gasteiger charge is -2.01. The second kappa shape index (κ2) is 7.70. The van der Waals surface area contributed by atoms with Crippen LogP contribution in [0.5, 0.6) is 0 Å². The summed E-state index contributed by atoms with van der Waals surface area (Å²) in [6.45, 7) is 4.00. The van der Waals surface area contributed by atoms with E-state index in [0.29, 0.717) is 10.0 Å². The summed E-state index contributed by atoms with van der Waals surface area (Å²) in [5.41, 5.74) is 0.433. The molecule has 1 aromatic rings. The molecule has 84 valence electrons. The molecular weight excluding hydrogens is 281 g/mol. The van der Waals surface area contributed by atoms with Gasteiger partial charge in [0.2, 0.25) is 0 Å². The Bertz CT molecular complexity index is 333. The lowest BCUT2D eigenvalue weighted by Crippen LogP contribution is -2.15. The van der Waals surface area contributed by atoms with Crippen molar-refractivity contribution < 1.29 is 9.18 Å². The summed E-state index contributed by atoms with van der Waals surface area (Å²) in [5, 5.41) is 0. The maximum atomic E-state index is 12.8. The highest BCUT2D eigenvalue weighted by molar-refractivity contribution is 9.10. The SMILES string of the molecule is CC.CSNC(=O)c1ccc(F)c(Br)c1. The van der Waals surface area contributed by atoms with Crippen LogP contribution in [0.3, 0.4) is 0 Å². The van der Waals surface area contributed by atoms with Crippen molar-refractivity contribution in [3.05, 3.63) is 34.1 Å². The lowest BCUT2D eigenvalue weighted by atomic mass is 10.2. The predicted molar refractivity (Wildman–Crippen MR) is 66.4 cm³/mol. The number of hydrogen-bond acceptors (Lipinski definition) is 2. The van der Waals surface area contributed by atoms with Crippen LogP contribution in [-0.4, -0.2) is 12.2 Å². The summed E-state index contributed by atoms with van der Waals surface area (Å²) in [4.78, 5) is 11.2. The molecule has 0 atom stereocenters. The Morgan fingerprint density at radius 2 is 2.07 bits per heavy atom. The van der Waals surface area contributed by atoms with Gasteiger partial charge in [-0.15, -0.1) is 0 Å². The highest BCUT2D eigenvalue weighted by atomic mass is 79.9. The van der Waals surface area contributed by atoms with E-state index in [4.69, 9.17) is 0 Å². The number of hydrogen-bond donors (Lipinski definition) is 1. The van der Waals surface area contributed by atoms with E-state index in [0.717, 1.165) is 0 Å². The van der Waals surface area contributed by atoms with Gasteiger partial charge in [0.1, 0.15) is 5.82 Å². The maximum Gasteiger partial charge on any atom is 0.261 e. The fourth-order valence-electron chi connectivity index (χ4n) is 0.789. The number of carbonyl (C=O) groups excluding carboxylic acids is 1. The molecule has 1 aromatic carbocycles. The Morgan fingerprint density at radius 1 is 1.47 bits per heavy atom. The molecule has 0 heterocycles. The van der Waals surface area contributed by atoms with Crippen LogP contribution in [0.1, 0.15) is 24.2 Å². The van der Waals surface area contributed by atoms with Crippen molar-refractivity contribution >= 4 is 33.8 Å². The van der Waals surface area contributed by atoms with Gasteiger partial charge < -0.3 is 0 Å². The van der Waals surface area contributed by atoms with Crippen LogP contribution in [0.4, 0.5) is 4.39 Å². The average Bonchev–Trinajstić information content (AvgIpc) is 2.25. The highest BCUT2D eigenvalue weighted by Gasteiger charge is 2.06. The third-order valence-electron chi connectivity index (χ3n) is 1.38. The van der Waals surface area contributed by atoms with Crippen LogP contribution in [0.25, 0.3) is 0 Å². The fraction of sp³-hybridized carbons (Fsp3) is 0.300. The van der Waals surface area contributed by atoms with E-state index in [1.165, 1.54) is 30.1 Å². The third kappa shape index (κ3) is 4.66. The van der Waals surface area contributed by atoms with Crippen molar-refractivity contribution in [1.29, 1.82) is 0 Å². The fourth-order valence-corrected chi connectivity index (χ4v) is 1.47. The smallest absolute Gasteiger partial charge is 0.261 e. The van der Waals surface area contributed by atoms with Gasteiger partial charge in [0.25, 0.3) is 5.91 Å². The molecule has 0 spiro atoms. The zero-order valence-corrected chi connectivity index (χ0v) is 11.2. The molecule has 2 nitrogen and oxygen atoms in total. The Labute approximate surface area is 102 Å². The number of nitrogens with one attached hydrogen (secondary N) is 1. The van der Waals surface area contributed by atoms with Crippen LogP contribution >= 0.6 is 27.9 Å². The molecule has 0 saturated heterocycles. The first-order valence-electron chi connectivity index (χ1n) is 4.43. The summed E-state index contributed by atoms with van der Waals surface area (Å²) >= 11 is 4.21. The van der Waals surface area contributed by atoms with Gasteiger partial charge in [0, 0.05) is 11.8 Å². The van der Waals surface area contributed by atoms with E-state index in [9.17, 15) is 9.18 Å². The molecule has 15 heavy (non-hydrogen) atoms. The molecule has 0 aliphatic rings. The Hall–Kier alpha value is -0.550. The first-order chi connectivity index (χ1) is 7.15. The highest BCUT2D eigenvalue weighted by Crippen LogP contribution is 2.16. The molecule has 0 fully saturated rings. The first kappa shape index (κ1) is 14.5. The average molecular weight is 294 g/mol. The minimum Gasteiger partial charge on any atom is -0.296 e. The van der Waals surface area contributed by atoms with Crippen LogP contribution in [0.15, 0.2) is 22.7 Å². The molecule has 5 heteroatoms. The number of amides is 1. The zero-order chi connectivity index (χ0) is 11.8. The Morgan fingerprint density at radius 3 is 2.53 bits per heavy atom. The van der Waals surface area contributed by atoms with E-state index >= 15 is 0 Å². The molecule has 1 amide bonds. The Kier molecular flexibility index (Phi) is 7.42. The van der Waals surface area contributed by atoms with Gasteiger partial charge in [-0.2, -0.15) is 0 Å². The number of rotatable bonds is 2. The monoisotopic (exact) mass is 293 g/mol. The molecule has 1 N–H and O–H groups in total. The van der Waals surface area contributed by atoms with Gasteiger partial charge in [-0.1, -0.05) is 25.8 Å². The van der Waals surface area contributed by atoms with Crippen molar-refractivity contribution in [1.82, 2.24) is 4.72 Å². The zero-order valence-electron chi connectivity index (χ0n) is 8.80. The second-order valence-corrected chi connectivity index (χ2v) is 3.73. The van der Waals surface area contributed by atoms with Crippen molar-refractivity contribution in [3.63, 3.8) is 0 Å². The van der Waals surface area contributed by atoms with Gasteiger partial charge in [-0.3, -0.25) is 9.52 Å². The maximum absolute atomic E-state index is 12.8. The normalized spacial score (nSPS) is 8.87. The summed E-state index contributed by atoms with van der Waals surface area (Å²) in [6.07, 6.45) is 1.75. The van der Waals surface area contributed by atoms with Crippen LogP contribution in [-0.2, 0) is 0 Å². The molecule has 0 bridgehead atoms. The van der Waals surface area contributed by atoms with Gasteiger partial charge in [0.05, 0.1) is 4.47 Å². The van der Waals surface area contributed by atoms with Crippen molar-refractivity contribution in [2.24, 2.45) is 0 Å². The molecular formula is C10H13BrFNOS. The number of benzene rings is 1. The van der Waals surface area contributed by atoms with Crippen LogP contribution in [0.2, 0.25) is 0 Å². The van der Waals surface area contributed by atoms with Crippen molar-refractivity contribution in [3.8, 4) is 0 Å². The van der Waals surface area contributed by atoms with E-state index in [1.807, 2.05) is 13.8 Å². The van der Waals surface area contributed by atoms with E-state index in [1.54, 1.807) is 6.26 Å². The molecule has 0 aliphatic heterocycles. The molecule has 0 unspecified atom stereocenters. The molecule has 1 rings (SSSR count). The molecule has 0 aliphatic carbocycles. The standard InChI is InChI=1S/C8H7BrFNOS.C2H6/c1-13-11-8(12)5-2-3-7(10)6(9)4-5;1-2/h2-4H,1H3,(H,11,12);1-2H3. The first-order valence-corrected chi connectivity index (χ1v) is 6.45. The largest absolute Gasteiger partial charge is 0.296 e. The lowest BCUT2D eigenvalue weighted by molar-refractivity contribution is 0.0984.